The summed E-state index contributed by atoms with van der Waals surface area (Å²) in [5.41, 5.74) is -1.06. The van der Waals surface area contributed by atoms with Crippen LogP contribution in [-0.2, 0) is 29.1 Å². The lowest BCUT2D eigenvalue weighted by Crippen LogP contribution is -2.56. The third kappa shape index (κ3) is 6.78. The van der Waals surface area contributed by atoms with Crippen LogP contribution >= 0.6 is 0 Å². The van der Waals surface area contributed by atoms with Crippen molar-refractivity contribution in [1.29, 1.82) is 0 Å². The number of Topliss-reactive ketones (excluding diaryl/α,β-unsaturated/α-hetero) is 1. The predicted octanol–water partition coefficient (Wildman–Crippen LogP) is 1.49. The van der Waals surface area contributed by atoms with Gasteiger partial charge in [-0.1, -0.05) is 20.8 Å². The second kappa shape index (κ2) is 10.8. The Balaban J connectivity index is 2.06. The van der Waals surface area contributed by atoms with Gasteiger partial charge in [0.25, 0.3) is 5.91 Å². The topological polar surface area (TPSA) is 122 Å². The number of carbonyl (C=O) groups is 3. The van der Waals surface area contributed by atoms with Crippen LogP contribution in [0.5, 0.6) is 0 Å². The van der Waals surface area contributed by atoms with Gasteiger partial charge in [0.05, 0.1) is 24.1 Å². The lowest BCUT2D eigenvalue weighted by Gasteiger charge is -2.28. The summed E-state index contributed by atoms with van der Waals surface area (Å²) < 4.78 is 31.6. The molecule has 0 radical (unpaired) electrons. The van der Waals surface area contributed by atoms with Gasteiger partial charge in [-0.05, 0) is 51.5 Å². The van der Waals surface area contributed by atoms with Crippen molar-refractivity contribution in [3.05, 3.63) is 11.8 Å². The number of amides is 2. The second-order valence-corrected chi connectivity index (χ2v) is 11.4. The highest BCUT2D eigenvalue weighted by Gasteiger charge is 2.40. The Kier molecular flexibility index (Phi) is 8.87. The van der Waals surface area contributed by atoms with Crippen molar-refractivity contribution in [2.75, 3.05) is 18.8 Å². The Morgan fingerprint density at radius 3 is 2.59 bits per heavy atom. The molecular formula is C22H37N3O6S. The molecule has 1 saturated heterocycles. The average Bonchev–Trinajstić information content (AvgIpc) is 2.93. The van der Waals surface area contributed by atoms with Gasteiger partial charge >= 0.3 is 0 Å². The zero-order chi connectivity index (χ0) is 24.1. The molecule has 2 amide bonds. The predicted molar refractivity (Wildman–Crippen MR) is 121 cm³/mol. The normalized spacial score (nSPS) is 25.6. The molecule has 1 fully saturated rings. The summed E-state index contributed by atoms with van der Waals surface area (Å²) in [5.74, 6) is -0.371. The van der Waals surface area contributed by atoms with E-state index in [9.17, 15) is 22.8 Å². The third-order valence-electron chi connectivity index (χ3n) is 5.77. The maximum absolute atomic E-state index is 13.0. The van der Waals surface area contributed by atoms with E-state index >= 15 is 0 Å². The monoisotopic (exact) mass is 471 g/mol. The molecule has 2 heterocycles. The van der Waals surface area contributed by atoms with Gasteiger partial charge in [0.15, 0.2) is 11.4 Å². The van der Waals surface area contributed by atoms with E-state index in [0.717, 1.165) is 0 Å². The molecule has 0 spiro atoms. The second-order valence-electron chi connectivity index (χ2n) is 9.33. The zero-order valence-corrected chi connectivity index (χ0v) is 20.6. The minimum Gasteiger partial charge on any atom is -0.482 e. The van der Waals surface area contributed by atoms with E-state index < -0.39 is 33.6 Å². The molecule has 0 aromatic rings. The van der Waals surface area contributed by atoms with E-state index in [1.54, 1.807) is 20.8 Å². The first kappa shape index (κ1) is 26.3. The number of sulfonamides is 1. The van der Waals surface area contributed by atoms with Gasteiger partial charge in [-0.15, -0.1) is 0 Å². The van der Waals surface area contributed by atoms with Gasteiger partial charge in [-0.2, -0.15) is 4.31 Å². The Bertz CT molecular complexity index is 854. The molecule has 0 aromatic heterocycles. The van der Waals surface area contributed by atoms with Gasteiger partial charge in [0.2, 0.25) is 15.9 Å². The maximum Gasteiger partial charge on any atom is 0.264 e. The first-order chi connectivity index (χ1) is 14.9. The van der Waals surface area contributed by atoms with E-state index in [-0.39, 0.29) is 36.5 Å². The Morgan fingerprint density at radius 2 is 2.03 bits per heavy atom. The van der Waals surface area contributed by atoms with Crippen molar-refractivity contribution in [3.8, 4) is 0 Å². The van der Waals surface area contributed by atoms with Crippen molar-refractivity contribution in [1.82, 2.24) is 14.9 Å². The van der Waals surface area contributed by atoms with E-state index in [1.165, 1.54) is 4.31 Å². The molecule has 32 heavy (non-hydrogen) atoms. The largest absolute Gasteiger partial charge is 0.482 e. The highest BCUT2D eigenvalue weighted by atomic mass is 32.2. The summed E-state index contributed by atoms with van der Waals surface area (Å²) in [6.45, 7) is 9.13. The van der Waals surface area contributed by atoms with Crippen LogP contribution in [0, 0.1) is 5.92 Å². The summed E-state index contributed by atoms with van der Waals surface area (Å²) in [6, 6.07) is -1.60. The fraction of sp³-hybridized carbons (Fsp3) is 0.773. The standard InChI is InChI=1S/C22H37N3O6S/c1-6-12-32(29,30)25-11-7-8-17(19(26)14-25)23-20(27)18(13-15(2)3)24-21(28)22(5)10-9-16(4)31-22/h9,15,17-18H,6-8,10-14H2,1-5H3,(H,23,27)(H,24,28)/t17?,18-,22?/m0/s1. The Hall–Kier alpha value is -1.94. The van der Waals surface area contributed by atoms with Crippen molar-refractivity contribution in [2.45, 2.75) is 84.4 Å². The van der Waals surface area contributed by atoms with Crippen molar-refractivity contribution in [2.24, 2.45) is 5.92 Å². The molecule has 10 heteroatoms. The Labute approximate surface area is 191 Å². The summed E-state index contributed by atoms with van der Waals surface area (Å²) in [4.78, 5) is 38.6. The molecule has 0 aromatic carbocycles. The van der Waals surface area contributed by atoms with Crippen LogP contribution in [0.1, 0.15) is 66.7 Å². The average molecular weight is 472 g/mol. The summed E-state index contributed by atoms with van der Waals surface area (Å²) in [7, 11) is -3.49. The minimum absolute atomic E-state index is 0.00499. The number of hydrogen-bond donors (Lipinski definition) is 2. The smallest absolute Gasteiger partial charge is 0.264 e. The van der Waals surface area contributed by atoms with Gasteiger partial charge < -0.3 is 15.4 Å². The lowest BCUT2D eigenvalue weighted by molar-refractivity contribution is -0.141. The zero-order valence-electron chi connectivity index (χ0n) is 19.8. The number of allylic oxidation sites excluding steroid dienone is 1. The van der Waals surface area contributed by atoms with E-state index in [1.807, 2.05) is 19.9 Å². The van der Waals surface area contributed by atoms with E-state index in [0.29, 0.717) is 37.9 Å². The molecule has 2 aliphatic rings. The molecule has 0 saturated carbocycles. The quantitative estimate of drug-likeness (QED) is 0.525. The molecule has 0 aliphatic carbocycles. The van der Waals surface area contributed by atoms with Crippen LogP contribution in [-0.4, -0.2) is 66.8 Å². The molecule has 2 N–H and O–H groups in total. The highest BCUT2D eigenvalue weighted by molar-refractivity contribution is 7.89. The maximum atomic E-state index is 13.0. The molecule has 2 rings (SSSR count). The van der Waals surface area contributed by atoms with Crippen LogP contribution in [0.4, 0.5) is 0 Å². The van der Waals surface area contributed by atoms with Gasteiger partial charge in [-0.3, -0.25) is 14.4 Å². The van der Waals surface area contributed by atoms with Crippen LogP contribution in [0.15, 0.2) is 11.8 Å². The van der Waals surface area contributed by atoms with Crippen molar-refractivity contribution in [3.63, 3.8) is 0 Å². The number of ether oxygens (including phenoxy) is 1. The van der Waals surface area contributed by atoms with Crippen molar-refractivity contribution >= 4 is 27.6 Å². The summed E-state index contributed by atoms with van der Waals surface area (Å²) in [5, 5.41) is 5.55. The molecule has 2 unspecified atom stereocenters. The SMILES string of the molecule is CCCS(=O)(=O)N1CCCC(NC(=O)[C@H](CC(C)C)NC(=O)C2(C)CC=C(C)O2)C(=O)C1. The number of rotatable bonds is 9. The molecule has 182 valence electrons. The van der Waals surface area contributed by atoms with Gasteiger partial charge in [-0.25, -0.2) is 8.42 Å². The van der Waals surface area contributed by atoms with E-state index in [2.05, 4.69) is 10.6 Å². The number of ketones is 1. The number of nitrogens with zero attached hydrogens (tertiary/aromatic N) is 1. The summed E-state index contributed by atoms with van der Waals surface area (Å²) >= 11 is 0. The highest BCUT2D eigenvalue weighted by Crippen LogP contribution is 2.28. The fourth-order valence-electron chi connectivity index (χ4n) is 3.98. The third-order valence-corrected chi connectivity index (χ3v) is 7.79. The summed E-state index contributed by atoms with van der Waals surface area (Å²) in [6.07, 6.45) is 3.95. The fourth-order valence-corrected chi connectivity index (χ4v) is 5.48. The molecule has 0 bridgehead atoms. The van der Waals surface area contributed by atoms with Gasteiger partial charge in [0, 0.05) is 13.0 Å². The van der Waals surface area contributed by atoms with Crippen LogP contribution in [0.25, 0.3) is 0 Å². The van der Waals surface area contributed by atoms with Crippen LogP contribution in [0.3, 0.4) is 0 Å². The number of hydrogen-bond acceptors (Lipinski definition) is 6. The molecule has 2 aliphatic heterocycles. The number of carbonyl (C=O) groups excluding carboxylic acids is 3. The lowest BCUT2D eigenvalue weighted by atomic mass is 9.98. The molecular weight excluding hydrogens is 434 g/mol. The van der Waals surface area contributed by atoms with Crippen LogP contribution < -0.4 is 10.6 Å². The van der Waals surface area contributed by atoms with Gasteiger partial charge in [0.1, 0.15) is 6.04 Å². The van der Waals surface area contributed by atoms with Crippen molar-refractivity contribution < 1.29 is 27.5 Å². The van der Waals surface area contributed by atoms with Crippen LogP contribution in [0.2, 0.25) is 0 Å². The minimum atomic E-state index is -3.49. The first-order valence-corrected chi connectivity index (χ1v) is 13.0. The molecule has 9 nitrogen and oxygen atoms in total. The first-order valence-electron chi connectivity index (χ1n) is 11.4. The van der Waals surface area contributed by atoms with E-state index in [4.69, 9.17) is 4.74 Å². The Morgan fingerprint density at radius 1 is 1.34 bits per heavy atom. The number of nitrogens with one attached hydrogen (secondary N) is 2. The molecule has 3 atom stereocenters.